The lowest BCUT2D eigenvalue weighted by molar-refractivity contribution is -0.150. The van der Waals surface area contributed by atoms with Gasteiger partial charge in [0.2, 0.25) is 0 Å². The second-order valence-corrected chi connectivity index (χ2v) is 5.37. The fourth-order valence-corrected chi connectivity index (χ4v) is 3.20. The molecule has 1 aliphatic carbocycles. The summed E-state index contributed by atoms with van der Waals surface area (Å²) in [6.45, 7) is 2.43. The summed E-state index contributed by atoms with van der Waals surface area (Å²) < 4.78 is 0. The number of carbonyl (C=O) groups is 1. The number of hydrogen-bond donors (Lipinski definition) is 2. The number of carboxylic acids is 1. The van der Waals surface area contributed by atoms with Crippen LogP contribution in [0.4, 0.5) is 0 Å². The van der Waals surface area contributed by atoms with E-state index in [0.717, 1.165) is 31.2 Å². The van der Waals surface area contributed by atoms with Crippen LogP contribution in [0.1, 0.15) is 42.7 Å². The largest absolute Gasteiger partial charge is 0.481 e. The molecule has 1 fully saturated rings. The Balaban J connectivity index is 2.37. The summed E-state index contributed by atoms with van der Waals surface area (Å²) in [5.41, 5.74) is 7.48. The molecule has 1 aromatic carbocycles. The van der Waals surface area contributed by atoms with Crippen LogP contribution in [0.25, 0.3) is 0 Å². The molecule has 1 aromatic rings. The van der Waals surface area contributed by atoms with Gasteiger partial charge in [-0.2, -0.15) is 0 Å². The van der Waals surface area contributed by atoms with Gasteiger partial charge in [-0.05, 0) is 25.3 Å². The Labute approximate surface area is 108 Å². The van der Waals surface area contributed by atoms with Gasteiger partial charge >= 0.3 is 5.97 Å². The number of hydrogen-bond acceptors (Lipinski definition) is 2. The maximum atomic E-state index is 11.7. The van der Waals surface area contributed by atoms with E-state index in [0.29, 0.717) is 6.54 Å². The molecule has 0 aromatic heterocycles. The third-order valence-electron chi connectivity index (χ3n) is 4.30. The van der Waals surface area contributed by atoms with Gasteiger partial charge in [-0.3, -0.25) is 4.79 Å². The van der Waals surface area contributed by atoms with E-state index in [4.69, 9.17) is 5.73 Å². The SMILES string of the molecule is Cc1ccc([C@H](CN)C2(C(=O)O)CCCC2)cc1. The molecule has 1 atom stereocenters. The van der Waals surface area contributed by atoms with Gasteiger partial charge in [0.05, 0.1) is 5.41 Å². The second-order valence-electron chi connectivity index (χ2n) is 5.37. The van der Waals surface area contributed by atoms with E-state index in [1.807, 2.05) is 31.2 Å². The summed E-state index contributed by atoms with van der Waals surface area (Å²) in [6, 6.07) is 8.11. The normalized spacial score (nSPS) is 19.7. The van der Waals surface area contributed by atoms with Crippen molar-refractivity contribution in [3.63, 3.8) is 0 Å². The van der Waals surface area contributed by atoms with Gasteiger partial charge < -0.3 is 10.8 Å². The van der Waals surface area contributed by atoms with E-state index in [-0.39, 0.29) is 5.92 Å². The molecule has 0 heterocycles. The molecule has 0 bridgehead atoms. The molecule has 1 aliphatic rings. The first-order valence-corrected chi connectivity index (χ1v) is 6.60. The third-order valence-corrected chi connectivity index (χ3v) is 4.30. The van der Waals surface area contributed by atoms with E-state index in [1.54, 1.807) is 0 Å². The predicted octanol–water partition coefficient (Wildman–Crippen LogP) is 2.68. The number of aliphatic carboxylic acids is 1. The first-order valence-electron chi connectivity index (χ1n) is 6.60. The fourth-order valence-electron chi connectivity index (χ4n) is 3.20. The van der Waals surface area contributed by atoms with Crippen molar-refractivity contribution >= 4 is 5.97 Å². The summed E-state index contributed by atoms with van der Waals surface area (Å²) in [5, 5.41) is 9.63. The van der Waals surface area contributed by atoms with E-state index < -0.39 is 11.4 Å². The number of nitrogens with two attached hydrogens (primary N) is 1. The minimum absolute atomic E-state index is 0.0712. The maximum absolute atomic E-state index is 11.7. The zero-order valence-corrected chi connectivity index (χ0v) is 10.9. The second kappa shape index (κ2) is 5.11. The highest BCUT2D eigenvalue weighted by molar-refractivity contribution is 5.76. The number of aryl methyl sites for hydroxylation is 1. The summed E-state index contributed by atoms with van der Waals surface area (Å²) in [6.07, 6.45) is 3.49. The number of rotatable bonds is 4. The highest BCUT2D eigenvalue weighted by Crippen LogP contribution is 2.48. The predicted molar refractivity (Wildman–Crippen MR) is 71.5 cm³/mol. The van der Waals surface area contributed by atoms with Gasteiger partial charge in [0.1, 0.15) is 0 Å². The Hall–Kier alpha value is -1.35. The summed E-state index contributed by atoms with van der Waals surface area (Å²) in [5.74, 6) is -0.755. The number of benzene rings is 1. The van der Waals surface area contributed by atoms with Gasteiger partial charge in [-0.15, -0.1) is 0 Å². The van der Waals surface area contributed by atoms with Crippen LogP contribution < -0.4 is 5.73 Å². The van der Waals surface area contributed by atoms with Gasteiger partial charge in [0, 0.05) is 12.5 Å². The van der Waals surface area contributed by atoms with Crippen molar-refractivity contribution in [2.75, 3.05) is 6.54 Å². The van der Waals surface area contributed by atoms with E-state index >= 15 is 0 Å². The van der Waals surface area contributed by atoms with Gasteiger partial charge in [0.15, 0.2) is 0 Å². The average Bonchev–Trinajstić information content (AvgIpc) is 2.83. The van der Waals surface area contributed by atoms with E-state index in [2.05, 4.69) is 0 Å². The van der Waals surface area contributed by atoms with Crippen LogP contribution >= 0.6 is 0 Å². The molecule has 0 aliphatic heterocycles. The molecule has 0 amide bonds. The van der Waals surface area contributed by atoms with E-state index in [9.17, 15) is 9.90 Å². The quantitative estimate of drug-likeness (QED) is 0.859. The lowest BCUT2D eigenvalue weighted by Crippen LogP contribution is -2.38. The van der Waals surface area contributed by atoms with Crippen LogP contribution in [-0.4, -0.2) is 17.6 Å². The zero-order valence-electron chi connectivity index (χ0n) is 10.9. The Bertz CT molecular complexity index is 419. The first-order chi connectivity index (χ1) is 8.60. The van der Waals surface area contributed by atoms with E-state index in [1.165, 1.54) is 5.56 Å². The third kappa shape index (κ3) is 2.15. The standard InChI is InChI=1S/C15H21NO2/c1-11-4-6-12(7-5-11)13(10-16)15(14(17)18)8-2-3-9-15/h4-7,13H,2-3,8-10,16H2,1H3,(H,17,18)/t13-/m0/s1. The van der Waals surface area contributed by atoms with Crippen molar-refractivity contribution in [3.05, 3.63) is 35.4 Å². The van der Waals surface area contributed by atoms with Crippen LogP contribution in [-0.2, 0) is 4.79 Å². The molecule has 18 heavy (non-hydrogen) atoms. The Morgan fingerprint density at radius 3 is 2.33 bits per heavy atom. The van der Waals surface area contributed by atoms with Crippen molar-refractivity contribution in [1.29, 1.82) is 0 Å². The van der Waals surface area contributed by atoms with Crippen LogP contribution in [0.5, 0.6) is 0 Å². The van der Waals surface area contributed by atoms with Crippen LogP contribution in [0, 0.1) is 12.3 Å². The maximum Gasteiger partial charge on any atom is 0.310 e. The van der Waals surface area contributed by atoms with Crippen molar-refractivity contribution < 1.29 is 9.90 Å². The van der Waals surface area contributed by atoms with Crippen molar-refractivity contribution in [2.45, 2.75) is 38.5 Å². The van der Waals surface area contributed by atoms with Crippen LogP contribution in [0.2, 0.25) is 0 Å². The van der Waals surface area contributed by atoms with Gasteiger partial charge in [0.25, 0.3) is 0 Å². The lowest BCUT2D eigenvalue weighted by Gasteiger charge is -2.33. The minimum atomic E-state index is -0.684. The van der Waals surface area contributed by atoms with Crippen LogP contribution in [0.3, 0.4) is 0 Å². The van der Waals surface area contributed by atoms with Crippen LogP contribution in [0.15, 0.2) is 24.3 Å². The minimum Gasteiger partial charge on any atom is -0.481 e. The molecule has 0 spiro atoms. The lowest BCUT2D eigenvalue weighted by atomic mass is 9.70. The average molecular weight is 247 g/mol. The molecule has 0 saturated heterocycles. The highest BCUT2D eigenvalue weighted by atomic mass is 16.4. The van der Waals surface area contributed by atoms with Crippen molar-refractivity contribution in [3.8, 4) is 0 Å². The molecule has 98 valence electrons. The molecule has 1 saturated carbocycles. The van der Waals surface area contributed by atoms with Crippen molar-refractivity contribution in [2.24, 2.45) is 11.1 Å². The molecule has 2 rings (SSSR count). The highest BCUT2D eigenvalue weighted by Gasteiger charge is 2.47. The smallest absolute Gasteiger partial charge is 0.310 e. The zero-order chi connectivity index (χ0) is 13.2. The molecule has 3 N–H and O–H groups in total. The Morgan fingerprint density at radius 2 is 1.89 bits per heavy atom. The van der Waals surface area contributed by atoms with Gasteiger partial charge in [-0.25, -0.2) is 0 Å². The monoisotopic (exact) mass is 247 g/mol. The Morgan fingerprint density at radius 1 is 1.33 bits per heavy atom. The number of carboxylic acid groups (broad SMARTS) is 1. The van der Waals surface area contributed by atoms with Crippen molar-refractivity contribution in [1.82, 2.24) is 0 Å². The fraction of sp³-hybridized carbons (Fsp3) is 0.533. The molecule has 0 unspecified atom stereocenters. The molecule has 0 radical (unpaired) electrons. The Kier molecular flexibility index (Phi) is 3.71. The topological polar surface area (TPSA) is 63.3 Å². The molecule has 3 nitrogen and oxygen atoms in total. The molecule has 3 heteroatoms. The first kappa shape index (κ1) is 13.1. The molecular formula is C15H21NO2. The summed E-state index contributed by atoms with van der Waals surface area (Å²) in [7, 11) is 0. The van der Waals surface area contributed by atoms with Gasteiger partial charge in [-0.1, -0.05) is 42.7 Å². The summed E-state index contributed by atoms with van der Waals surface area (Å²) in [4.78, 5) is 11.7. The summed E-state index contributed by atoms with van der Waals surface area (Å²) >= 11 is 0. The molecular weight excluding hydrogens is 226 g/mol.